The van der Waals surface area contributed by atoms with Crippen LogP contribution >= 0.6 is 34.5 Å². The van der Waals surface area contributed by atoms with Crippen molar-refractivity contribution >= 4 is 79.8 Å². The second-order valence-corrected chi connectivity index (χ2v) is 16.7. The van der Waals surface area contributed by atoms with E-state index in [2.05, 4.69) is 0 Å². The predicted molar refractivity (Wildman–Crippen MR) is 207 cm³/mol. The highest BCUT2D eigenvalue weighted by atomic mass is 35.5. The largest absolute Gasteiger partial charge is 0.508 e. The Morgan fingerprint density at radius 3 is 2.39 bits per heavy atom. The smallest absolute Gasteiger partial charge is 0.242 e. The Morgan fingerprint density at radius 1 is 0.907 bits per heavy atom. The fraction of sp³-hybridized carbons (Fsp3) is 0.293. The van der Waals surface area contributed by atoms with E-state index in [-0.39, 0.29) is 24.0 Å². The van der Waals surface area contributed by atoms with Crippen LogP contribution in [-0.2, 0) is 26.2 Å². The topological polar surface area (TPSA) is 122 Å². The Balaban J connectivity index is 1.16. The monoisotopic (exact) mass is 780 g/mol. The minimum Gasteiger partial charge on any atom is -0.508 e. The van der Waals surface area contributed by atoms with Crippen LogP contribution in [0.2, 0.25) is 10.0 Å². The van der Waals surface area contributed by atoms with Gasteiger partial charge in [0.15, 0.2) is 0 Å². The van der Waals surface area contributed by atoms with Gasteiger partial charge in [-0.2, -0.15) is 5.10 Å². The first-order valence-corrected chi connectivity index (χ1v) is 19.2. The number of aromatic nitrogens is 2. The van der Waals surface area contributed by atoms with Crippen molar-refractivity contribution in [2.75, 3.05) is 16.9 Å². The first-order chi connectivity index (χ1) is 25.8. The second kappa shape index (κ2) is 12.3. The highest BCUT2D eigenvalue weighted by Gasteiger charge is 2.68. The number of phenolic OH excluding ortho intramolecular Hbond substituents is 1. The molecule has 0 spiro atoms. The summed E-state index contributed by atoms with van der Waals surface area (Å²) in [6, 6.07) is 18.8. The molecule has 4 heterocycles. The standard InChI is InChI=1S/C41H34Cl2N4O6S/c1-19-27-15-21(43)7-14-32(27)54-36(19)30-18-33(45(3)44-30)47-38(50)29-17-28-24(35(41(29,2)40(47)52)25-11-10-23(48)16-31(25)53-4)12-13-26-34(28)39(51)46(37(26)49)22-8-5-20(42)6-9-22/h5-12,14-16,18,26,28-29,34-35,48H,13,17H2,1-4H3/t26-,28+,29-,34-,35+,41+/m0/s1. The SMILES string of the molecule is COc1cc(O)ccc1[C@H]1C2=CC[C@@H]3C(=O)N(c4ccc(Cl)cc4)C(=O)[C@@H]3[C@@H]2C[C@H]2C(=O)N(c3cc(-c4sc5ccc(Cl)cc5c4C)nn3C)C(=O)[C@@]12C. The maximum atomic E-state index is 15.1. The zero-order valence-corrected chi connectivity index (χ0v) is 32.0. The molecule has 0 unspecified atom stereocenters. The van der Waals surface area contributed by atoms with Crippen LogP contribution in [-0.4, -0.2) is 45.6 Å². The number of aryl methyl sites for hydroxylation is 2. The molecule has 2 aliphatic heterocycles. The van der Waals surface area contributed by atoms with Crippen LogP contribution in [0.5, 0.6) is 11.5 Å². The van der Waals surface area contributed by atoms with Crippen molar-refractivity contribution in [2.45, 2.75) is 32.6 Å². The summed E-state index contributed by atoms with van der Waals surface area (Å²) in [5, 5.41) is 17.4. The number of benzene rings is 3. The number of nitrogens with zero attached hydrogens (tertiary/aromatic N) is 4. The zero-order valence-electron chi connectivity index (χ0n) is 29.7. The minimum absolute atomic E-state index is 0.0193. The zero-order chi connectivity index (χ0) is 38.0. The highest BCUT2D eigenvalue weighted by molar-refractivity contribution is 7.22. The number of phenols is 1. The van der Waals surface area contributed by atoms with Gasteiger partial charge in [0.25, 0.3) is 0 Å². The molecule has 5 aromatic rings. The number of methoxy groups -OCH3 is 1. The molecule has 10 nitrogen and oxygen atoms in total. The highest BCUT2D eigenvalue weighted by Crippen LogP contribution is 2.64. The van der Waals surface area contributed by atoms with Crippen molar-refractivity contribution in [1.29, 1.82) is 0 Å². The number of carbonyl (C=O) groups is 4. The van der Waals surface area contributed by atoms with Crippen LogP contribution in [0, 0.1) is 36.0 Å². The summed E-state index contributed by atoms with van der Waals surface area (Å²) in [5.41, 5.74) is 2.16. The molecule has 13 heteroatoms. The third-order valence-corrected chi connectivity index (χ3v) is 13.9. The third-order valence-electron chi connectivity index (χ3n) is 12.1. The molecule has 6 atom stereocenters. The van der Waals surface area contributed by atoms with E-state index in [1.165, 1.54) is 29.0 Å². The Labute approximate surface area is 324 Å². The van der Waals surface area contributed by atoms with Gasteiger partial charge < -0.3 is 9.84 Å². The number of imide groups is 2. The normalized spacial score (nSPS) is 26.3. The summed E-state index contributed by atoms with van der Waals surface area (Å²) in [7, 11) is 3.20. The number of aromatic hydroxyl groups is 1. The number of halogens is 2. The Bertz CT molecular complexity index is 2510. The lowest BCUT2D eigenvalue weighted by molar-refractivity contribution is -0.131. The van der Waals surface area contributed by atoms with Crippen molar-refractivity contribution in [3.8, 4) is 22.1 Å². The molecule has 3 aromatic carbocycles. The molecule has 0 radical (unpaired) electrons. The molecule has 274 valence electrons. The molecule has 1 N–H and O–H groups in total. The number of thiophene rings is 1. The number of rotatable bonds is 5. The minimum atomic E-state index is -1.31. The van der Waals surface area contributed by atoms with E-state index in [1.54, 1.807) is 59.5 Å². The quantitative estimate of drug-likeness (QED) is 0.141. The van der Waals surface area contributed by atoms with E-state index in [4.69, 9.17) is 33.0 Å². The average molecular weight is 782 g/mol. The van der Waals surface area contributed by atoms with Gasteiger partial charge in [-0.05, 0) is 92.1 Å². The van der Waals surface area contributed by atoms with Crippen LogP contribution in [0.1, 0.15) is 36.8 Å². The molecule has 54 heavy (non-hydrogen) atoms. The summed E-state index contributed by atoms with van der Waals surface area (Å²) in [6.45, 7) is 3.82. The fourth-order valence-electron chi connectivity index (χ4n) is 9.58. The van der Waals surface area contributed by atoms with Crippen LogP contribution in [0.3, 0.4) is 0 Å². The first-order valence-electron chi connectivity index (χ1n) is 17.6. The number of ether oxygens (including phenoxy) is 1. The molecule has 4 aliphatic rings. The summed E-state index contributed by atoms with van der Waals surface area (Å²) >= 11 is 14.0. The van der Waals surface area contributed by atoms with Crippen LogP contribution in [0.4, 0.5) is 11.5 Å². The van der Waals surface area contributed by atoms with Gasteiger partial charge in [-0.3, -0.25) is 28.8 Å². The third kappa shape index (κ3) is 4.80. The number of amides is 4. The van der Waals surface area contributed by atoms with Gasteiger partial charge in [0.2, 0.25) is 23.6 Å². The number of anilines is 2. The van der Waals surface area contributed by atoms with E-state index in [9.17, 15) is 19.5 Å². The molecule has 2 aliphatic carbocycles. The van der Waals surface area contributed by atoms with Gasteiger partial charge in [-0.25, -0.2) is 4.90 Å². The number of fused-ring (bicyclic) bond motifs is 5. The summed E-state index contributed by atoms with van der Waals surface area (Å²) in [6.07, 6.45) is 2.47. The van der Waals surface area contributed by atoms with Crippen LogP contribution < -0.4 is 14.5 Å². The van der Waals surface area contributed by atoms with Gasteiger partial charge >= 0.3 is 0 Å². The van der Waals surface area contributed by atoms with E-state index in [1.807, 2.05) is 38.1 Å². The van der Waals surface area contributed by atoms with E-state index in [0.717, 1.165) is 26.1 Å². The Kier molecular flexibility index (Phi) is 7.91. The molecule has 4 amide bonds. The Hall–Kier alpha value is -4.97. The summed E-state index contributed by atoms with van der Waals surface area (Å²) in [4.78, 5) is 61.8. The van der Waals surface area contributed by atoms with E-state index < -0.39 is 46.8 Å². The molecule has 2 saturated heterocycles. The molecule has 1 saturated carbocycles. The molecular formula is C41H34Cl2N4O6S. The van der Waals surface area contributed by atoms with Crippen molar-refractivity contribution in [3.05, 3.63) is 99.6 Å². The molecule has 0 bridgehead atoms. The summed E-state index contributed by atoms with van der Waals surface area (Å²) < 4.78 is 8.39. The van der Waals surface area contributed by atoms with Crippen LogP contribution in [0.25, 0.3) is 20.7 Å². The van der Waals surface area contributed by atoms with E-state index >= 15 is 4.79 Å². The first kappa shape index (κ1) is 34.8. The number of allylic oxidation sites excluding steroid dienone is 2. The van der Waals surface area contributed by atoms with Gasteiger partial charge in [0.1, 0.15) is 23.0 Å². The van der Waals surface area contributed by atoms with Crippen LogP contribution in [0.15, 0.2) is 78.4 Å². The van der Waals surface area contributed by atoms with Crippen molar-refractivity contribution in [3.63, 3.8) is 0 Å². The lowest BCUT2D eigenvalue weighted by Crippen LogP contribution is -2.49. The van der Waals surface area contributed by atoms with Gasteiger partial charge in [-0.1, -0.05) is 40.9 Å². The Morgan fingerprint density at radius 2 is 1.65 bits per heavy atom. The average Bonchev–Trinajstić information content (AvgIpc) is 3.82. The molecule has 9 rings (SSSR count). The second-order valence-electron chi connectivity index (χ2n) is 14.8. The maximum Gasteiger partial charge on any atom is 0.242 e. The van der Waals surface area contributed by atoms with Gasteiger partial charge in [-0.15, -0.1) is 11.3 Å². The molecule has 3 fully saturated rings. The lowest BCUT2D eigenvalue weighted by atomic mass is 9.51. The van der Waals surface area contributed by atoms with Gasteiger partial charge in [0.05, 0.1) is 40.8 Å². The summed E-state index contributed by atoms with van der Waals surface area (Å²) in [5.74, 6) is -4.23. The van der Waals surface area contributed by atoms with Crippen molar-refractivity contribution in [2.24, 2.45) is 36.1 Å². The number of hydrogen-bond acceptors (Lipinski definition) is 8. The predicted octanol–water partition coefficient (Wildman–Crippen LogP) is 8.07. The lowest BCUT2D eigenvalue weighted by Gasteiger charge is -2.49. The maximum absolute atomic E-state index is 15.1. The van der Waals surface area contributed by atoms with Crippen molar-refractivity contribution in [1.82, 2.24) is 9.78 Å². The van der Waals surface area contributed by atoms with Crippen molar-refractivity contribution < 1.29 is 29.0 Å². The van der Waals surface area contributed by atoms with Gasteiger partial charge in [0, 0.05) is 45.4 Å². The molecular weight excluding hydrogens is 747 g/mol. The molecule has 2 aromatic heterocycles. The number of carbonyl (C=O) groups excluding carboxylic acids is 4. The number of hydrogen-bond donors (Lipinski definition) is 1. The van der Waals surface area contributed by atoms with E-state index in [0.29, 0.717) is 45.0 Å². The fourth-order valence-corrected chi connectivity index (χ4v) is 11.0.